The average molecular weight is 425 g/mol. The summed E-state index contributed by atoms with van der Waals surface area (Å²) in [4.78, 5) is 19.6. The van der Waals surface area contributed by atoms with Crippen molar-refractivity contribution in [1.29, 1.82) is 5.26 Å². The number of anilines is 1. The van der Waals surface area contributed by atoms with Gasteiger partial charge in [-0.1, -0.05) is 11.2 Å². The minimum absolute atomic E-state index is 0.0368. The van der Waals surface area contributed by atoms with Crippen LogP contribution < -0.4 is 4.72 Å². The van der Waals surface area contributed by atoms with E-state index < -0.39 is 27.3 Å². The van der Waals surface area contributed by atoms with Crippen LogP contribution in [0.4, 0.5) is 10.1 Å². The number of H-pyrrole nitrogens is 1. The third-order valence-electron chi connectivity index (χ3n) is 4.39. The molecule has 4 aromatic rings. The van der Waals surface area contributed by atoms with Crippen LogP contribution in [0.5, 0.6) is 0 Å². The van der Waals surface area contributed by atoms with Gasteiger partial charge in [-0.3, -0.25) is 9.52 Å². The van der Waals surface area contributed by atoms with Crippen LogP contribution in [0.2, 0.25) is 0 Å². The van der Waals surface area contributed by atoms with Crippen molar-refractivity contribution in [3.8, 4) is 6.07 Å². The van der Waals surface area contributed by atoms with Crippen molar-refractivity contribution in [3.63, 3.8) is 0 Å². The number of fused-ring (bicyclic) bond motifs is 1. The largest absolute Gasteiger partial charge is 0.360 e. The highest BCUT2D eigenvalue weighted by Crippen LogP contribution is 2.27. The van der Waals surface area contributed by atoms with E-state index in [1.807, 2.05) is 6.07 Å². The summed E-state index contributed by atoms with van der Waals surface area (Å²) in [5.41, 5.74) is -0.0548. The number of pyridine rings is 1. The van der Waals surface area contributed by atoms with Gasteiger partial charge in [0.25, 0.3) is 10.0 Å². The molecule has 11 heteroatoms. The number of nitrogens with zero attached hydrogens (tertiary/aromatic N) is 3. The number of benzene rings is 1. The Balaban J connectivity index is 1.74. The predicted octanol–water partition coefficient (Wildman–Crippen LogP) is 2.90. The third kappa shape index (κ3) is 3.19. The first kappa shape index (κ1) is 19.3. The van der Waals surface area contributed by atoms with Gasteiger partial charge in [-0.2, -0.15) is 5.26 Å². The number of rotatable bonds is 5. The quantitative estimate of drug-likeness (QED) is 0.468. The van der Waals surface area contributed by atoms with E-state index in [0.717, 1.165) is 6.20 Å². The number of sulfonamides is 1. The van der Waals surface area contributed by atoms with E-state index in [-0.39, 0.29) is 27.3 Å². The van der Waals surface area contributed by atoms with Crippen molar-refractivity contribution in [3.05, 3.63) is 71.1 Å². The van der Waals surface area contributed by atoms with Crippen molar-refractivity contribution >= 4 is 32.5 Å². The third-order valence-corrected chi connectivity index (χ3v) is 5.85. The molecule has 0 saturated carbocycles. The number of hydrogen-bond acceptors (Lipinski definition) is 7. The summed E-state index contributed by atoms with van der Waals surface area (Å²) in [5.74, 6) is -1.70. The molecule has 3 heterocycles. The van der Waals surface area contributed by atoms with Gasteiger partial charge < -0.3 is 9.51 Å². The second kappa shape index (κ2) is 7.09. The Morgan fingerprint density at radius 3 is 2.80 bits per heavy atom. The Bertz CT molecular complexity index is 1450. The second-order valence-electron chi connectivity index (χ2n) is 6.28. The Morgan fingerprint density at radius 2 is 2.10 bits per heavy atom. The minimum Gasteiger partial charge on any atom is -0.360 e. The monoisotopic (exact) mass is 425 g/mol. The van der Waals surface area contributed by atoms with Crippen molar-refractivity contribution in [1.82, 2.24) is 15.1 Å². The van der Waals surface area contributed by atoms with Crippen LogP contribution in [0.25, 0.3) is 11.0 Å². The molecule has 0 atom stereocenters. The first-order valence-electron chi connectivity index (χ1n) is 8.46. The van der Waals surface area contributed by atoms with E-state index in [1.54, 1.807) is 0 Å². The van der Waals surface area contributed by atoms with E-state index in [9.17, 15) is 13.2 Å². The van der Waals surface area contributed by atoms with Crippen LogP contribution in [0.15, 0.2) is 52.3 Å². The van der Waals surface area contributed by atoms with Crippen LogP contribution in [0.3, 0.4) is 0 Å². The van der Waals surface area contributed by atoms with E-state index in [0.29, 0.717) is 11.0 Å². The van der Waals surface area contributed by atoms with Crippen LogP contribution >= 0.6 is 0 Å². The first-order valence-corrected chi connectivity index (χ1v) is 9.94. The number of nitrogens with one attached hydrogen (secondary N) is 2. The zero-order valence-electron chi connectivity index (χ0n) is 15.3. The Hall–Kier alpha value is -4.04. The highest BCUT2D eigenvalue weighted by atomic mass is 32.2. The molecule has 0 saturated heterocycles. The molecule has 0 aliphatic rings. The number of aromatic amines is 1. The summed E-state index contributed by atoms with van der Waals surface area (Å²) >= 11 is 0. The molecular formula is C19H12FN5O4S. The molecule has 1 aromatic carbocycles. The van der Waals surface area contributed by atoms with Gasteiger partial charge in [-0.15, -0.1) is 0 Å². The molecule has 9 nitrogen and oxygen atoms in total. The van der Waals surface area contributed by atoms with E-state index >= 15 is 4.39 Å². The number of ketones is 1. The normalized spacial score (nSPS) is 11.4. The average Bonchev–Trinajstić information content (AvgIpc) is 3.35. The molecule has 30 heavy (non-hydrogen) atoms. The van der Waals surface area contributed by atoms with Gasteiger partial charge >= 0.3 is 0 Å². The standard InChI is InChI=1S/C19H12FN5O4S/c1-10-16(9-24-29-10)30(27,28)25-15-4-2-3-12(17(15)20)18(26)14-8-23-19-13(14)5-11(6-21)7-22-19/h2-5,7-9,25H,1H3,(H,22,23). The van der Waals surface area contributed by atoms with Gasteiger partial charge in [0.1, 0.15) is 16.6 Å². The smallest absolute Gasteiger partial charge is 0.267 e. The van der Waals surface area contributed by atoms with Gasteiger partial charge in [-0.05, 0) is 25.1 Å². The molecule has 0 unspecified atom stereocenters. The Kier molecular flexibility index (Phi) is 4.56. The van der Waals surface area contributed by atoms with Gasteiger partial charge in [0.2, 0.25) is 0 Å². The number of nitriles is 1. The Labute approximate surface area is 169 Å². The lowest BCUT2D eigenvalue weighted by molar-refractivity contribution is 0.103. The fourth-order valence-electron chi connectivity index (χ4n) is 2.93. The first-order chi connectivity index (χ1) is 14.3. The van der Waals surface area contributed by atoms with Gasteiger partial charge in [0.15, 0.2) is 17.4 Å². The zero-order valence-corrected chi connectivity index (χ0v) is 16.1. The molecule has 0 bridgehead atoms. The molecule has 3 aromatic heterocycles. The summed E-state index contributed by atoms with van der Waals surface area (Å²) in [6, 6.07) is 7.17. The van der Waals surface area contributed by atoms with Crippen LogP contribution in [0, 0.1) is 24.1 Å². The second-order valence-corrected chi connectivity index (χ2v) is 7.93. The fraction of sp³-hybridized carbons (Fsp3) is 0.0526. The zero-order chi connectivity index (χ0) is 21.5. The number of hydrogen-bond donors (Lipinski definition) is 2. The SMILES string of the molecule is Cc1oncc1S(=O)(=O)Nc1cccc(C(=O)c2c[nH]c3ncc(C#N)cc23)c1F. The number of aryl methyl sites for hydroxylation is 1. The highest BCUT2D eigenvalue weighted by Gasteiger charge is 2.25. The van der Waals surface area contributed by atoms with Crippen molar-refractivity contribution in [2.75, 3.05) is 4.72 Å². The lowest BCUT2D eigenvalue weighted by atomic mass is 10.0. The number of carbonyl (C=O) groups is 1. The molecule has 2 N–H and O–H groups in total. The van der Waals surface area contributed by atoms with Crippen LogP contribution in [-0.4, -0.2) is 29.3 Å². The predicted molar refractivity (Wildman–Crippen MR) is 103 cm³/mol. The van der Waals surface area contributed by atoms with Gasteiger partial charge in [0.05, 0.1) is 23.0 Å². The number of carbonyl (C=O) groups excluding carboxylic acids is 1. The molecular weight excluding hydrogens is 413 g/mol. The maximum Gasteiger partial charge on any atom is 0.267 e. The van der Waals surface area contributed by atoms with Gasteiger partial charge in [0, 0.05) is 23.3 Å². The number of aromatic nitrogens is 3. The summed E-state index contributed by atoms with van der Waals surface area (Å²) in [7, 11) is -4.17. The van der Waals surface area contributed by atoms with Crippen LogP contribution in [0.1, 0.15) is 27.2 Å². The van der Waals surface area contributed by atoms with Crippen molar-refractivity contribution in [2.24, 2.45) is 0 Å². The molecule has 0 radical (unpaired) electrons. The van der Waals surface area contributed by atoms with Crippen molar-refractivity contribution in [2.45, 2.75) is 11.8 Å². The fourth-order valence-corrected chi connectivity index (χ4v) is 4.09. The summed E-state index contributed by atoms with van der Waals surface area (Å²) in [5, 5.41) is 12.8. The lowest BCUT2D eigenvalue weighted by Gasteiger charge is -2.10. The minimum atomic E-state index is -4.17. The molecule has 4 rings (SSSR count). The molecule has 0 fully saturated rings. The lowest BCUT2D eigenvalue weighted by Crippen LogP contribution is -2.15. The maximum absolute atomic E-state index is 15.1. The summed E-state index contributed by atoms with van der Waals surface area (Å²) in [6.07, 6.45) is 3.70. The number of halogens is 1. The van der Waals surface area contributed by atoms with E-state index in [1.165, 1.54) is 43.6 Å². The van der Waals surface area contributed by atoms with Crippen molar-refractivity contribution < 1.29 is 22.1 Å². The van der Waals surface area contributed by atoms with Gasteiger partial charge in [-0.25, -0.2) is 17.8 Å². The Morgan fingerprint density at radius 1 is 1.30 bits per heavy atom. The molecule has 0 aliphatic carbocycles. The van der Waals surface area contributed by atoms with Crippen LogP contribution in [-0.2, 0) is 10.0 Å². The van der Waals surface area contributed by atoms with E-state index in [4.69, 9.17) is 9.78 Å². The highest BCUT2D eigenvalue weighted by molar-refractivity contribution is 7.92. The molecule has 0 aliphatic heterocycles. The molecule has 0 amide bonds. The van der Waals surface area contributed by atoms with E-state index in [2.05, 4.69) is 19.8 Å². The maximum atomic E-state index is 15.1. The molecule has 0 spiro atoms. The molecule has 150 valence electrons. The topological polar surface area (TPSA) is 142 Å². The summed E-state index contributed by atoms with van der Waals surface area (Å²) in [6.45, 7) is 1.40. The summed E-state index contributed by atoms with van der Waals surface area (Å²) < 4.78 is 46.9.